The number of fused-ring (bicyclic) bond motifs is 1. The van der Waals surface area contributed by atoms with E-state index < -0.39 is 5.60 Å². The van der Waals surface area contributed by atoms with E-state index in [2.05, 4.69) is 32.8 Å². The molecule has 0 spiro atoms. The summed E-state index contributed by atoms with van der Waals surface area (Å²) in [6.45, 7) is 5.60. The molecular formula is C13H15IN2O2. The number of benzene rings is 1. The highest BCUT2D eigenvalue weighted by molar-refractivity contribution is 14.1. The summed E-state index contributed by atoms with van der Waals surface area (Å²) in [6.07, 6.45) is 0.286. The zero-order valence-electron chi connectivity index (χ0n) is 10.6. The topological polar surface area (TPSA) is 55.0 Å². The van der Waals surface area contributed by atoms with Gasteiger partial charge in [-0.15, -0.1) is 0 Å². The molecule has 1 aromatic carbocycles. The molecule has 96 valence electrons. The van der Waals surface area contributed by atoms with Gasteiger partial charge in [0.15, 0.2) is 0 Å². The fourth-order valence-electron chi connectivity index (χ4n) is 1.68. The van der Waals surface area contributed by atoms with Crippen LogP contribution >= 0.6 is 22.6 Å². The van der Waals surface area contributed by atoms with Gasteiger partial charge in [0, 0.05) is 5.39 Å². The first kappa shape index (κ1) is 13.3. The average molecular weight is 358 g/mol. The Hall–Kier alpha value is -1.11. The van der Waals surface area contributed by atoms with Crippen LogP contribution in [-0.4, -0.2) is 21.8 Å². The molecule has 2 aromatic rings. The van der Waals surface area contributed by atoms with Crippen molar-refractivity contribution >= 4 is 39.5 Å². The number of H-pyrrole nitrogens is 1. The van der Waals surface area contributed by atoms with Crippen molar-refractivity contribution in [3.05, 3.63) is 27.5 Å². The first-order valence-corrected chi connectivity index (χ1v) is 6.77. The van der Waals surface area contributed by atoms with Gasteiger partial charge < -0.3 is 4.74 Å². The summed E-state index contributed by atoms with van der Waals surface area (Å²) in [5.41, 5.74) is 1.41. The second-order valence-corrected chi connectivity index (χ2v) is 6.23. The molecule has 5 heteroatoms. The molecule has 0 radical (unpaired) electrons. The molecule has 2 rings (SSSR count). The van der Waals surface area contributed by atoms with Crippen molar-refractivity contribution in [1.82, 2.24) is 10.2 Å². The largest absolute Gasteiger partial charge is 0.460 e. The van der Waals surface area contributed by atoms with E-state index in [1.807, 2.05) is 39.0 Å². The minimum Gasteiger partial charge on any atom is -0.460 e. The fraction of sp³-hybridized carbons (Fsp3) is 0.385. The van der Waals surface area contributed by atoms with Crippen molar-refractivity contribution in [2.75, 3.05) is 0 Å². The first-order chi connectivity index (χ1) is 8.35. The number of aromatic nitrogens is 2. The molecule has 0 amide bonds. The van der Waals surface area contributed by atoms with Crippen LogP contribution in [0.3, 0.4) is 0 Å². The van der Waals surface area contributed by atoms with Crippen molar-refractivity contribution in [3.63, 3.8) is 0 Å². The summed E-state index contributed by atoms with van der Waals surface area (Å²) in [5.74, 6) is -0.208. The second-order valence-electron chi connectivity index (χ2n) is 5.15. The van der Waals surface area contributed by atoms with Gasteiger partial charge in [-0.1, -0.05) is 6.07 Å². The Labute approximate surface area is 119 Å². The summed E-state index contributed by atoms with van der Waals surface area (Å²) >= 11 is 2.19. The van der Waals surface area contributed by atoms with Gasteiger partial charge in [0.2, 0.25) is 0 Å². The monoisotopic (exact) mass is 358 g/mol. The number of hydrogen-bond acceptors (Lipinski definition) is 3. The minimum atomic E-state index is -0.439. The molecule has 0 bridgehead atoms. The summed E-state index contributed by atoms with van der Waals surface area (Å²) in [4.78, 5) is 11.7. The Morgan fingerprint density at radius 2 is 2.17 bits per heavy atom. The number of ether oxygens (including phenoxy) is 1. The smallest absolute Gasteiger partial charge is 0.310 e. The fourth-order valence-corrected chi connectivity index (χ4v) is 2.23. The van der Waals surface area contributed by atoms with E-state index in [4.69, 9.17) is 4.74 Å². The van der Waals surface area contributed by atoms with Crippen LogP contribution in [0.25, 0.3) is 10.9 Å². The van der Waals surface area contributed by atoms with Crippen LogP contribution in [0.1, 0.15) is 26.3 Å². The highest BCUT2D eigenvalue weighted by atomic mass is 127. The van der Waals surface area contributed by atoms with E-state index in [0.717, 1.165) is 20.2 Å². The number of rotatable bonds is 2. The predicted octanol–water partition coefficient (Wildman–Crippen LogP) is 3.05. The van der Waals surface area contributed by atoms with Crippen molar-refractivity contribution in [2.24, 2.45) is 0 Å². The van der Waals surface area contributed by atoms with E-state index in [1.54, 1.807) is 0 Å². The van der Waals surface area contributed by atoms with E-state index in [9.17, 15) is 4.79 Å². The molecule has 1 N–H and O–H groups in total. The number of carbonyl (C=O) groups excluding carboxylic acids is 1. The first-order valence-electron chi connectivity index (χ1n) is 5.69. The van der Waals surface area contributed by atoms with Gasteiger partial charge in [0.25, 0.3) is 0 Å². The zero-order valence-corrected chi connectivity index (χ0v) is 12.7. The van der Waals surface area contributed by atoms with E-state index >= 15 is 0 Å². The Bertz CT molecular complexity index is 584. The Morgan fingerprint density at radius 1 is 1.44 bits per heavy atom. The van der Waals surface area contributed by atoms with Crippen LogP contribution in [0.4, 0.5) is 0 Å². The van der Waals surface area contributed by atoms with Crippen molar-refractivity contribution in [2.45, 2.75) is 32.8 Å². The van der Waals surface area contributed by atoms with Crippen molar-refractivity contribution in [3.8, 4) is 0 Å². The van der Waals surface area contributed by atoms with Gasteiger partial charge in [-0.25, -0.2) is 0 Å². The maximum atomic E-state index is 11.7. The summed E-state index contributed by atoms with van der Waals surface area (Å²) in [6, 6.07) is 5.79. The van der Waals surface area contributed by atoms with Gasteiger partial charge >= 0.3 is 5.97 Å². The third-order valence-electron chi connectivity index (χ3n) is 2.34. The van der Waals surface area contributed by atoms with Crippen LogP contribution < -0.4 is 0 Å². The molecule has 4 nitrogen and oxygen atoms in total. The van der Waals surface area contributed by atoms with E-state index in [1.165, 1.54) is 0 Å². The summed E-state index contributed by atoms with van der Waals surface area (Å²) in [7, 11) is 0. The molecule has 0 saturated heterocycles. The third kappa shape index (κ3) is 3.22. The summed E-state index contributed by atoms with van der Waals surface area (Å²) in [5, 5.41) is 8.10. The lowest BCUT2D eigenvalue weighted by Gasteiger charge is -2.19. The quantitative estimate of drug-likeness (QED) is 0.663. The van der Waals surface area contributed by atoms with Crippen molar-refractivity contribution < 1.29 is 9.53 Å². The lowest BCUT2D eigenvalue weighted by molar-refractivity contribution is -0.153. The molecule has 0 aliphatic carbocycles. The molecule has 0 unspecified atom stereocenters. The highest BCUT2D eigenvalue weighted by Gasteiger charge is 2.16. The van der Waals surface area contributed by atoms with Crippen molar-refractivity contribution in [1.29, 1.82) is 0 Å². The normalized spacial score (nSPS) is 11.8. The predicted molar refractivity (Wildman–Crippen MR) is 78.4 cm³/mol. The number of esters is 1. The second kappa shape index (κ2) is 4.87. The number of carbonyl (C=O) groups is 1. The SMILES string of the molecule is CC(C)(C)OC(=O)Cc1ccc2n[nH]c(I)c2c1. The number of nitrogens with one attached hydrogen (secondary N) is 1. The van der Waals surface area contributed by atoms with Crippen LogP contribution in [0.15, 0.2) is 18.2 Å². The molecule has 1 aromatic heterocycles. The number of nitrogens with zero attached hydrogens (tertiary/aromatic N) is 1. The highest BCUT2D eigenvalue weighted by Crippen LogP contribution is 2.20. The average Bonchev–Trinajstić information content (AvgIpc) is 2.57. The lowest BCUT2D eigenvalue weighted by Crippen LogP contribution is -2.24. The number of hydrogen-bond donors (Lipinski definition) is 1. The van der Waals surface area contributed by atoms with Gasteiger partial charge in [-0.05, 0) is 61.1 Å². The zero-order chi connectivity index (χ0) is 13.3. The molecule has 0 saturated carbocycles. The van der Waals surface area contributed by atoms with Crippen LogP contribution in [0.2, 0.25) is 0 Å². The molecule has 18 heavy (non-hydrogen) atoms. The Kier molecular flexibility index (Phi) is 3.61. The maximum absolute atomic E-state index is 11.7. The Morgan fingerprint density at radius 3 is 2.83 bits per heavy atom. The van der Waals surface area contributed by atoms with Gasteiger partial charge in [-0.3, -0.25) is 9.89 Å². The van der Waals surface area contributed by atoms with Crippen LogP contribution in [-0.2, 0) is 16.0 Å². The van der Waals surface area contributed by atoms with E-state index in [0.29, 0.717) is 0 Å². The van der Waals surface area contributed by atoms with Gasteiger partial charge in [-0.2, -0.15) is 5.10 Å². The third-order valence-corrected chi connectivity index (χ3v) is 3.16. The number of aromatic amines is 1. The molecule has 0 atom stereocenters. The van der Waals surface area contributed by atoms with Crippen LogP contribution in [0, 0.1) is 3.70 Å². The number of halogens is 1. The Balaban J connectivity index is 2.17. The maximum Gasteiger partial charge on any atom is 0.310 e. The molecular weight excluding hydrogens is 343 g/mol. The van der Waals surface area contributed by atoms with Gasteiger partial charge in [0.1, 0.15) is 9.30 Å². The van der Waals surface area contributed by atoms with Gasteiger partial charge in [0.05, 0.1) is 11.9 Å². The lowest BCUT2D eigenvalue weighted by atomic mass is 10.1. The molecule has 0 fully saturated rings. The van der Waals surface area contributed by atoms with E-state index in [-0.39, 0.29) is 12.4 Å². The standard InChI is InChI=1S/C13H15IN2O2/c1-13(2,3)18-11(17)7-8-4-5-10-9(6-8)12(14)16-15-10/h4-6H,7H2,1-3H3,(H,15,16). The minimum absolute atomic E-state index is 0.208. The molecule has 0 aliphatic rings. The van der Waals surface area contributed by atoms with Crippen LogP contribution in [0.5, 0.6) is 0 Å². The molecule has 0 aliphatic heterocycles. The molecule has 1 heterocycles. The summed E-state index contributed by atoms with van der Waals surface area (Å²) < 4.78 is 6.28.